The Bertz CT molecular complexity index is 296. The summed E-state index contributed by atoms with van der Waals surface area (Å²) >= 11 is 1.99. The molecule has 0 aliphatic carbocycles. The molecule has 0 spiro atoms. The van der Waals surface area contributed by atoms with Gasteiger partial charge in [-0.05, 0) is 31.0 Å². The van der Waals surface area contributed by atoms with Gasteiger partial charge in [-0.25, -0.2) is 0 Å². The second-order valence-electron chi connectivity index (χ2n) is 4.38. The van der Waals surface area contributed by atoms with Crippen LogP contribution in [0, 0.1) is 0 Å². The van der Waals surface area contributed by atoms with Crippen molar-refractivity contribution in [1.29, 1.82) is 0 Å². The molecule has 0 saturated carbocycles. The van der Waals surface area contributed by atoms with E-state index in [-0.39, 0.29) is 0 Å². The minimum atomic E-state index is 0.329. The summed E-state index contributed by atoms with van der Waals surface area (Å²) in [4.78, 5) is 0. The highest BCUT2D eigenvalue weighted by molar-refractivity contribution is 7.99. The zero-order chi connectivity index (χ0) is 11.9. The van der Waals surface area contributed by atoms with Gasteiger partial charge in [-0.2, -0.15) is 11.8 Å². The lowest BCUT2D eigenvalue weighted by atomic mass is 10.0. The fourth-order valence-corrected chi connectivity index (χ4v) is 3.01. The van der Waals surface area contributed by atoms with E-state index in [1.807, 2.05) is 24.1 Å². The van der Waals surface area contributed by atoms with Gasteiger partial charge in [-0.3, -0.25) is 0 Å². The minimum Gasteiger partial charge on any atom is -0.472 e. The molecular formula is C13H21NO2S. The Morgan fingerprint density at radius 2 is 2.53 bits per heavy atom. The first kappa shape index (κ1) is 13.0. The molecule has 1 aromatic heterocycles. The molecule has 2 rings (SSSR count). The zero-order valence-corrected chi connectivity index (χ0v) is 11.2. The molecule has 4 heteroatoms. The van der Waals surface area contributed by atoms with Crippen LogP contribution < -0.4 is 5.32 Å². The molecule has 1 N–H and O–H groups in total. The van der Waals surface area contributed by atoms with Crippen LogP contribution in [-0.2, 0) is 11.2 Å². The first-order chi connectivity index (χ1) is 8.40. The average Bonchev–Trinajstić information content (AvgIpc) is 2.88. The van der Waals surface area contributed by atoms with Gasteiger partial charge in [-0.1, -0.05) is 6.92 Å². The van der Waals surface area contributed by atoms with Crippen molar-refractivity contribution in [2.75, 3.05) is 24.7 Å². The molecule has 1 aliphatic heterocycles. The van der Waals surface area contributed by atoms with Crippen LogP contribution in [0.5, 0.6) is 0 Å². The Morgan fingerprint density at radius 1 is 1.59 bits per heavy atom. The minimum absolute atomic E-state index is 0.329. The molecule has 0 bridgehead atoms. The molecule has 0 radical (unpaired) electrons. The van der Waals surface area contributed by atoms with Crippen molar-refractivity contribution < 1.29 is 9.15 Å². The van der Waals surface area contributed by atoms with Crippen LogP contribution >= 0.6 is 11.8 Å². The quantitative estimate of drug-likeness (QED) is 0.846. The third-order valence-electron chi connectivity index (χ3n) is 2.98. The van der Waals surface area contributed by atoms with Crippen LogP contribution in [-0.4, -0.2) is 36.8 Å². The summed E-state index contributed by atoms with van der Waals surface area (Å²) in [6, 6.07) is 2.44. The maximum atomic E-state index is 5.87. The molecule has 2 heterocycles. The van der Waals surface area contributed by atoms with Crippen molar-refractivity contribution >= 4 is 11.8 Å². The van der Waals surface area contributed by atoms with Crippen LogP contribution in [0.3, 0.4) is 0 Å². The first-order valence-electron chi connectivity index (χ1n) is 6.34. The van der Waals surface area contributed by atoms with E-state index in [4.69, 9.17) is 9.15 Å². The van der Waals surface area contributed by atoms with Crippen LogP contribution in [0.1, 0.15) is 18.9 Å². The number of thioether (sulfide) groups is 1. The van der Waals surface area contributed by atoms with Crippen molar-refractivity contribution in [2.24, 2.45) is 0 Å². The maximum absolute atomic E-state index is 5.87. The topological polar surface area (TPSA) is 34.4 Å². The van der Waals surface area contributed by atoms with E-state index >= 15 is 0 Å². The molecule has 2 atom stereocenters. The van der Waals surface area contributed by atoms with E-state index in [1.165, 1.54) is 5.56 Å². The van der Waals surface area contributed by atoms with Crippen molar-refractivity contribution in [3.8, 4) is 0 Å². The summed E-state index contributed by atoms with van der Waals surface area (Å²) in [5.41, 5.74) is 1.25. The van der Waals surface area contributed by atoms with Crippen molar-refractivity contribution in [3.63, 3.8) is 0 Å². The van der Waals surface area contributed by atoms with Crippen LogP contribution in [0.15, 0.2) is 23.0 Å². The van der Waals surface area contributed by atoms with Crippen LogP contribution in [0.4, 0.5) is 0 Å². The van der Waals surface area contributed by atoms with Gasteiger partial charge >= 0.3 is 0 Å². The molecule has 1 saturated heterocycles. The van der Waals surface area contributed by atoms with Crippen molar-refractivity contribution in [2.45, 2.75) is 31.9 Å². The van der Waals surface area contributed by atoms with E-state index in [9.17, 15) is 0 Å². The normalized spacial score (nSPS) is 22.5. The van der Waals surface area contributed by atoms with E-state index in [0.717, 1.165) is 37.5 Å². The molecular weight excluding hydrogens is 234 g/mol. The fourth-order valence-electron chi connectivity index (χ4n) is 2.07. The van der Waals surface area contributed by atoms with E-state index in [0.29, 0.717) is 12.1 Å². The van der Waals surface area contributed by atoms with E-state index < -0.39 is 0 Å². The Balaban J connectivity index is 1.91. The summed E-state index contributed by atoms with van der Waals surface area (Å²) in [5, 5.41) is 3.60. The van der Waals surface area contributed by atoms with Gasteiger partial charge in [0.05, 0.1) is 25.2 Å². The van der Waals surface area contributed by atoms with Gasteiger partial charge in [0, 0.05) is 17.5 Å². The summed E-state index contributed by atoms with van der Waals surface area (Å²) in [6.07, 6.45) is 6.04. The fraction of sp³-hybridized carbons (Fsp3) is 0.692. The Kier molecular flexibility index (Phi) is 5.42. The smallest absolute Gasteiger partial charge is 0.0935 e. The first-order valence-corrected chi connectivity index (χ1v) is 7.49. The second kappa shape index (κ2) is 7.09. The molecule has 1 fully saturated rings. The summed E-state index contributed by atoms with van der Waals surface area (Å²) in [7, 11) is 0. The van der Waals surface area contributed by atoms with Gasteiger partial charge in [0.25, 0.3) is 0 Å². The standard InChI is InChI=1S/C13H21NO2S/c1-2-4-14-12(8-11-3-5-15-9-11)13-10-17-7-6-16-13/h3,5,9,12-14H,2,4,6-8,10H2,1H3. The zero-order valence-electron chi connectivity index (χ0n) is 10.4. The number of furan rings is 1. The van der Waals surface area contributed by atoms with Crippen LogP contribution in [0.25, 0.3) is 0 Å². The third-order valence-corrected chi connectivity index (χ3v) is 4.00. The number of hydrogen-bond donors (Lipinski definition) is 1. The molecule has 1 aromatic rings. The monoisotopic (exact) mass is 255 g/mol. The predicted molar refractivity (Wildman–Crippen MR) is 71.6 cm³/mol. The van der Waals surface area contributed by atoms with Gasteiger partial charge in [0.2, 0.25) is 0 Å². The SMILES string of the molecule is CCCNC(Cc1ccoc1)C1CSCCO1. The molecule has 17 heavy (non-hydrogen) atoms. The van der Waals surface area contributed by atoms with Gasteiger partial charge < -0.3 is 14.5 Å². The number of nitrogens with one attached hydrogen (secondary N) is 1. The Hall–Kier alpha value is -0.450. The highest BCUT2D eigenvalue weighted by atomic mass is 32.2. The summed E-state index contributed by atoms with van der Waals surface area (Å²) < 4.78 is 11.0. The maximum Gasteiger partial charge on any atom is 0.0935 e. The van der Waals surface area contributed by atoms with Gasteiger partial charge in [0.15, 0.2) is 0 Å². The molecule has 0 aromatic carbocycles. The highest BCUT2D eigenvalue weighted by Gasteiger charge is 2.24. The molecule has 96 valence electrons. The summed E-state index contributed by atoms with van der Waals surface area (Å²) in [6.45, 7) is 4.12. The van der Waals surface area contributed by atoms with Crippen LogP contribution in [0.2, 0.25) is 0 Å². The van der Waals surface area contributed by atoms with E-state index in [2.05, 4.69) is 12.2 Å². The van der Waals surface area contributed by atoms with E-state index in [1.54, 1.807) is 6.26 Å². The Labute approximate surface area is 107 Å². The summed E-state index contributed by atoms with van der Waals surface area (Å²) in [5.74, 6) is 2.22. The lowest BCUT2D eigenvalue weighted by Gasteiger charge is -2.30. The average molecular weight is 255 g/mol. The molecule has 2 unspecified atom stereocenters. The highest BCUT2D eigenvalue weighted by Crippen LogP contribution is 2.18. The van der Waals surface area contributed by atoms with Gasteiger partial charge in [-0.15, -0.1) is 0 Å². The third kappa shape index (κ3) is 4.05. The lowest BCUT2D eigenvalue weighted by molar-refractivity contribution is 0.0471. The number of hydrogen-bond acceptors (Lipinski definition) is 4. The number of ether oxygens (including phenoxy) is 1. The van der Waals surface area contributed by atoms with Gasteiger partial charge in [0.1, 0.15) is 0 Å². The molecule has 1 aliphatic rings. The Morgan fingerprint density at radius 3 is 3.18 bits per heavy atom. The van der Waals surface area contributed by atoms with Crippen molar-refractivity contribution in [3.05, 3.63) is 24.2 Å². The predicted octanol–water partition coefficient (Wildman–Crippen LogP) is 2.32. The van der Waals surface area contributed by atoms with Crippen molar-refractivity contribution in [1.82, 2.24) is 5.32 Å². The number of rotatable bonds is 6. The second-order valence-corrected chi connectivity index (χ2v) is 5.53. The lowest BCUT2D eigenvalue weighted by Crippen LogP contribution is -2.46. The molecule has 0 amide bonds. The largest absolute Gasteiger partial charge is 0.472 e. The molecule has 3 nitrogen and oxygen atoms in total.